The lowest BCUT2D eigenvalue weighted by Gasteiger charge is -2.30. The van der Waals surface area contributed by atoms with Crippen LogP contribution in [0.1, 0.15) is 18.4 Å². The number of hydrogen-bond donors (Lipinski definition) is 0. The molecule has 0 N–H and O–H groups in total. The standard InChI is InChI=1S/C16H17N3O/c1-3-13-9-12(4-5-15(13)20-8-1)14-10-17-16(18-11-14)19-6-2-7-19/h4-5,9-11H,1-3,6-8H2. The summed E-state index contributed by atoms with van der Waals surface area (Å²) in [7, 11) is 0. The molecule has 0 radical (unpaired) electrons. The van der Waals surface area contributed by atoms with E-state index in [-0.39, 0.29) is 0 Å². The molecule has 1 aromatic heterocycles. The molecule has 3 heterocycles. The molecule has 0 amide bonds. The van der Waals surface area contributed by atoms with E-state index in [1.54, 1.807) is 0 Å². The Kier molecular flexibility index (Phi) is 2.80. The second-order valence-corrected chi connectivity index (χ2v) is 5.39. The molecule has 20 heavy (non-hydrogen) atoms. The second kappa shape index (κ2) is 4.78. The maximum atomic E-state index is 5.65. The van der Waals surface area contributed by atoms with Gasteiger partial charge in [-0.05, 0) is 42.5 Å². The zero-order valence-corrected chi connectivity index (χ0v) is 11.4. The molecule has 2 aliphatic heterocycles. The maximum Gasteiger partial charge on any atom is 0.225 e. The molecule has 2 aliphatic rings. The molecule has 0 aliphatic carbocycles. The fraction of sp³-hybridized carbons (Fsp3) is 0.375. The fourth-order valence-electron chi connectivity index (χ4n) is 2.69. The Morgan fingerprint density at radius 2 is 1.85 bits per heavy atom. The van der Waals surface area contributed by atoms with E-state index in [0.29, 0.717) is 0 Å². The molecule has 1 aromatic carbocycles. The van der Waals surface area contributed by atoms with Gasteiger partial charge in [0.1, 0.15) is 5.75 Å². The maximum absolute atomic E-state index is 5.65. The molecular formula is C16H17N3O. The van der Waals surface area contributed by atoms with Gasteiger partial charge >= 0.3 is 0 Å². The molecule has 4 rings (SSSR count). The van der Waals surface area contributed by atoms with Gasteiger partial charge in [0.15, 0.2) is 0 Å². The summed E-state index contributed by atoms with van der Waals surface area (Å²) in [4.78, 5) is 11.1. The third-order valence-corrected chi connectivity index (χ3v) is 4.02. The zero-order valence-electron chi connectivity index (χ0n) is 11.4. The van der Waals surface area contributed by atoms with Gasteiger partial charge in [-0.3, -0.25) is 0 Å². The average Bonchev–Trinajstić information content (AvgIpc) is 2.46. The van der Waals surface area contributed by atoms with Crippen LogP contribution in [0.15, 0.2) is 30.6 Å². The predicted octanol–water partition coefficient (Wildman–Crippen LogP) is 2.68. The summed E-state index contributed by atoms with van der Waals surface area (Å²) in [6.45, 7) is 2.99. The summed E-state index contributed by atoms with van der Waals surface area (Å²) >= 11 is 0. The summed E-state index contributed by atoms with van der Waals surface area (Å²) in [6, 6.07) is 6.36. The van der Waals surface area contributed by atoms with Crippen molar-refractivity contribution in [1.82, 2.24) is 9.97 Å². The Morgan fingerprint density at radius 3 is 2.60 bits per heavy atom. The molecule has 1 fully saturated rings. The smallest absolute Gasteiger partial charge is 0.225 e. The van der Waals surface area contributed by atoms with Crippen LogP contribution in [0.25, 0.3) is 11.1 Å². The minimum atomic E-state index is 0.833. The van der Waals surface area contributed by atoms with E-state index >= 15 is 0 Å². The van der Waals surface area contributed by atoms with Gasteiger partial charge in [0, 0.05) is 31.0 Å². The third kappa shape index (κ3) is 2.01. The van der Waals surface area contributed by atoms with E-state index in [9.17, 15) is 0 Å². The molecule has 1 saturated heterocycles. The minimum Gasteiger partial charge on any atom is -0.493 e. The van der Waals surface area contributed by atoms with Gasteiger partial charge in [0.25, 0.3) is 0 Å². The molecule has 102 valence electrons. The number of rotatable bonds is 2. The van der Waals surface area contributed by atoms with Crippen molar-refractivity contribution in [2.75, 3.05) is 24.6 Å². The van der Waals surface area contributed by atoms with Crippen LogP contribution >= 0.6 is 0 Å². The molecule has 0 saturated carbocycles. The third-order valence-electron chi connectivity index (χ3n) is 4.02. The first kappa shape index (κ1) is 11.7. The monoisotopic (exact) mass is 267 g/mol. The lowest BCUT2D eigenvalue weighted by Crippen LogP contribution is -2.38. The number of ether oxygens (including phenoxy) is 1. The van der Waals surface area contributed by atoms with E-state index in [2.05, 4.69) is 33.1 Å². The summed E-state index contributed by atoms with van der Waals surface area (Å²) in [5.74, 6) is 1.87. The molecule has 4 heteroatoms. The van der Waals surface area contributed by atoms with E-state index in [1.165, 1.54) is 17.5 Å². The predicted molar refractivity (Wildman–Crippen MR) is 78.1 cm³/mol. The van der Waals surface area contributed by atoms with E-state index in [0.717, 1.165) is 49.8 Å². The van der Waals surface area contributed by atoms with Crippen molar-refractivity contribution >= 4 is 5.95 Å². The second-order valence-electron chi connectivity index (χ2n) is 5.39. The Bertz CT molecular complexity index is 620. The first-order valence-corrected chi connectivity index (χ1v) is 7.23. The van der Waals surface area contributed by atoms with Crippen LogP contribution in [0, 0.1) is 0 Å². The molecule has 0 atom stereocenters. The quantitative estimate of drug-likeness (QED) is 0.838. The van der Waals surface area contributed by atoms with Crippen molar-refractivity contribution in [3.05, 3.63) is 36.2 Å². The number of aryl methyl sites for hydroxylation is 1. The van der Waals surface area contributed by atoms with Crippen molar-refractivity contribution in [1.29, 1.82) is 0 Å². The summed E-state index contributed by atoms with van der Waals surface area (Å²) in [5, 5.41) is 0. The first-order chi connectivity index (χ1) is 9.90. The number of fused-ring (bicyclic) bond motifs is 1. The van der Waals surface area contributed by atoms with Crippen LogP contribution in [-0.2, 0) is 6.42 Å². The van der Waals surface area contributed by atoms with Gasteiger partial charge in [-0.15, -0.1) is 0 Å². The summed E-state index contributed by atoms with van der Waals surface area (Å²) in [6.07, 6.45) is 7.28. The van der Waals surface area contributed by atoms with Gasteiger partial charge in [-0.2, -0.15) is 0 Å². The number of benzene rings is 1. The van der Waals surface area contributed by atoms with Crippen LogP contribution in [-0.4, -0.2) is 29.7 Å². The Labute approximate surface area is 118 Å². The van der Waals surface area contributed by atoms with E-state index in [1.807, 2.05) is 12.4 Å². The van der Waals surface area contributed by atoms with Crippen LogP contribution in [0.5, 0.6) is 5.75 Å². The van der Waals surface area contributed by atoms with Crippen LogP contribution in [0.2, 0.25) is 0 Å². The van der Waals surface area contributed by atoms with Gasteiger partial charge in [-0.25, -0.2) is 9.97 Å². The van der Waals surface area contributed by atoms with Gasteiger partial charge in [0.2, 0.25) is 5.95 Å². The average molecular weight is 267 g/mol. The van der Waals surface area contributed by atoms with Gasteiger partial charge in [-0.1, -0.05) is 6.07 Å². The molecule has 0 bridgehead atoms. The van der Waals surface area contributed by atoms with Crippen LogP contribution in [0.3, 0.4) is 0 Å². The lowest BCUT2D eigenvalue weighted by atomic mass is 10.0. The SMILES string of the molecule is c1cc2c(cc1-c1cnc(N3CCC3)nc1)CCCO2. The van der Waals surface area contributed by atoms with Crippen molar-refractivity contribution in [3.8, 4) is 16.9 Å². The van der Waals surface area contributed by atoms with E-state index in [4.69, 9.17) is 4.74 Å². The molecule has 0 unspecified atom stereocenters. The Morgan fingerprint density at radius 1 is 1.00 bits per heavy atom. The largest absolute Gasteiger partial charge is 0.493 e. The molecule has 4 nitrogen and oxygen atoms in total. The highest BCUT2D eigenvalue weighted by Crippen LogP contribution is 2.30. The van der Waals surface area contributed by atoms with Crippen LogP contribution < -0.4 is 9.64 Å². The molecular weight excluding hydrogens is 250 g/mol. The van der Waals surface area contributed by atoms with Crippen molar-refractivity contribution in [2.24, 2.45) is 0 Å². The summed E-state index contributed by atoms with van der Waals surface area (Å²) < 4.78 is 5.65. The highest BCUT2D eigenvalue weighted by atomic mass is 16.5. The lowest BCUT2D eigenvalue weighted by molar-refractivity contribution is 0.288. The first-order valence-electron chi connectivity index (χ1n) is 7.23. The van der Waals surface area contributed by atoms with Crippen molar-refractivity contribution < 1.29 is 4.74 Å². The summed E-state index contributed by atoms with van der Waals surface area (Å²) in [5.41, 5.74) is 3.53. The zero-order chi connectivity index (χ0) is 13.4. The number of aromatic nitrogens is 2. The highest BCUT2D eigenvalue weighted by Gasteiger charge is 2.17. The number of hydrogen-bond acceptors (Lipinski definition) is 4. The Balaban J connectivity index is 1.63. The fourth-order valence-corrected chi connectivity index (χ4v) is 2.69. The molecule has 2 aromatic rings. The normalized spacial score (nSPS) is 17.1. The van der Waals surface area contributed by atoms with Crippen molar-refractivity contribution in [2.45, 2.75) is 19.3 Å². The van der Waals surface area contributed by atoms with E-state index < -0.39 is 0 Å². The number of nitrogens with zero attached hydrogens (tertiary/aromatic N) is 3. The van der Waals surface area contributed by atoms with Gasteiger partial charge in [0.05, 0.1) is 6.61 Å². The topological polar surface area (TPSA) is 38.2 Å². The Hall–Kier alpha value is -2.10. The number of anilines is 1. The minimum absolute atomic E-state index is 0.833. The van der Waals surface area contributed by atoms with Gasteiger partial charge < -0.3 is 9.64 Å². The van der Waals surface area contributed by atoms with Crippen molar-refractivity contribution in [3.63, 3.8) is 0 Å². The molecule has 0 spiro atoms. The highest BCUT2D eigenvalue weighted by molar-refractivity contribution is 5.65. The van der Waals surface area contributed by atoms with Crippen LogP contribution in [0.4, 0.5) is 5.95 Å².